The van der Waals surface area contributed by atoms with Gasteiger partial charge in [0.15, 0.2) is 0 Å². The second kappa shape index (κ2) is 5.61. The number of rotatable bonds is 4. The first kappa shape index (κ1) is 12.5. The second-order valence-electron chi connectivity index (χ2n) is 4.43. The number of fused-ring (bicyclic) bond motifs is 1. The molecule has 0 saturated carbocycles. The number of methoxy groups -OCH3 is 1. The molecule has 0 N–H and O–H groups in total. The molecule has 1 aromatic heterocycles. The summed E-state index contributed by atoms with van der Waals surface area (Å²) in [4.78, 5) is 4.38. The molecule has 3 rings (SSSR count). The van der Waals surface area contributed by atoms with Crippen LogP contribution in [0, 0.1) is 0 Å². The minimum absolute atomic E-state index is 0.458. The molecule has 0 aliphatic rings. The Bertz CT molecular complexity index is 720. The van der Waals surface area contributed by atoms with Crippen LogP contribution in [0.2, 0.25) is 0 Å². The highest BCUT2D eigenvalue weighted by Gasteiger charge is 2.05. The molecule has 0 fully saturated rings. The Labute approximate surface area is 117 Å². The van der Waals surface area contributed by atoms with Gasteiger partial charge in [-0.1, -0.05) is 36.4 Å². The molecule has 3 nitrogen and oxygen atoms in total. The van der Waals surface area contributed by atoms with Crippen LogP contribution in [-0.4, -0.2) is 12.1 Å². The number of benzene rings is 2. The van der Waals surface area contributed by atoms with Gasteiger partial charge in [-0.3, -0.25) is 4.98 Å². The number of aromatic nitrogens is 1. The fourth-order valence-electron chi connectivity index (χ4n) is 2.17. The van der Waals surface area contributed by atoms with Gasteiger partial charge in [0.2, 0.25) is 0 Å². The Hall–Kier alpha value is -2.55. The van der Waals surface area contributed by atoms with Crippen molar-refractivity contribution < 1.29 is 9.47 Å². The lowest BCUT2D eigenvalue weighted by Crippen LogP contribution is -1.99. The van der Waals surface area contributed by atoms with Crippen molar-refractivity contribution in [3.05, 3.63) is 66.4 Å². The topological polar surface area (TPSA) is 31.4 Å². The van der Waals surface area contributed by atoms with Crippen LogP contribution >= 0.6 is 0 Å². The van der Waals surface area contributed by atoms with Crippen LogP contribution in [0.5, 0.6) is 11.5 Å². The largest absolute Gasteiger partial charge is 0.496 e. The molecule has 0 bridgehead atoms. The fraction of sp³-hybridized carbons (Fsp3) is 0.118. The van der Waals surface area contributed by atoms with Gasteiger partial charge in [-0.25, -0.2) is 0 Å². The molecule has 3 heteroatoms. The fourth-order valence-corrected chi connectivity index (χ4v) is 2.17. The maximum absolute atomic E-state index is 5.91. The highest BCUT2D eigenvalue weighted by Crippen LogP contribution is 2.25. The van der Waals surface area contributed by atoms with Gasteiger partial charge in [-0.15, -0.1) is 0 Å². The standard InChI is InChI=1S/C17H15NO2/c1-19-15-9-3-2-6-14(15)12-20-16-10-4-7-13-8-5-11-18-17(13)16/h2-11H,12H2,1H3. The van der Waals surface area contributed by atoms with Crippen molar-refractivity contribution in [2.24, 2.45) is 0 Å². The third-order valence-corrected chi connectivity index (χ3v) is 3.17. The lowest BCUT2D eigenvalue weighted by molar-refractivity contribution is 0.299. The number of para-hydroxylation sites is 2. The van der Waals surface area contributed by atoms with E-state index in [4.69, 9.17) is 9.47 Å². The zero-order valence-corrected chi connectivity index (χ0v) is 11.2. The zero-order chi connectivity index (χ0) is 13.8. The van der Waals surface area contributed by atoms with E-state index in [0.29, 0.717) is 6.61 Å². The average Bonchev–Trinajstić information content (AvgIpc) is 2.53. The van der Waals surface area contributed by atoms with Crippen LogP contribution < -0.4 is 9.47 Å². The molecular weight excluding hydrogens is 250 g/mol. The Morgan fingerprint density at radius 2 is 1.70 bits per heavy atom. The molecule has 0 atom stereocenters. The summed E-state index contributed by atoms with van der Waals surface area (Å²) in [5, 5.41) is 1.07. The van der Waals surface area contributed by atoms with Gasteiger partial charge < -0.3 is 9.47 Å². The lowest BCUT2D eigenvalue weighted by atomic mass is 10.2. The summed E-state index contributed by atoms with van der Waals surface area (Å²) in [6.07, 6.45) is 1.78. The third kappa shape index (κ3) is 2.43. The van der Waals surface area contributed by atoms with Gasteiger partial charge in [0.1, 0.15) is 23.6 Å². The molecule has 100 valence electrons. The van der Waals surface area contributed by atoms with Crippen molar-refractivity contribution >= 4 is 10.9 Å². The quantitative estimate of drug-likeness (QED) is 0.718. The second-order valence-corrected chi connectivity index (χ2v) is 4.43. The summed E-state index contributed by atoms with van der Waals surface area (Å²) < 4.78 is 11.2. The van der Waals surface area contributed by atoms with E-state index in [1.54, 1.807) is 13.3 Å². The molecule has 0 aliphatic carbocycles. The van der Waals surface area contributed by atoms with Crippen LogP contribution in [0.1, 0.15) is 5.56 Å². The predicted octanol–water partition coefficient (Wildman–Crippen LogP) is 3.82. The summed E-state index contributed by atoms with van der Waals surface area (Å²) in [6.45, 7) is 0.458. The summed E-state index contributed by atoms with van der Waals surface area (Å²) in [5.74, 6) is 1.62. The Kier molecular flexibility index (Phi) is 3.50. The van der Waals surface area contributed by atoms with Crippen molar-refractivity contribution in [1.82, 2.24) is 4.98 Å². The Morgan fingerprint density at radius 3 is 2.60 bits per heavy atom. The van der Waals surface area contributed by atoms with E-state index in [-0.39, 0.29) is 0 Å². The predicted molar refractivity (Wildman–Crippen MR) is 79.1 cm³/mol. The molecule has 0 aliphatic heterocycles. The molecule has 0 amide bonds. The molecule has 0 radical (unpaired) electrons. The van der Waals surface area contributed by atoms with E-state index in [9.17, 15) is 0 Å². The van der Waals surface area contributed by atoms with Gasteiger partial charge in [0.25, 0.3) is 0 Å². The third-order valence-electron chi connectivity index (χ3n) is 3.17. The summed E-state index contributed by atoms with van der Waals surface area (Å²) >= 11 is 0. The summed E-state index contributed by atoms with van der Waals surface area (Å²) in [6, 6.07) is 17.7. The van der Waals surface area contributed by atoms with Crippen molar-refractivity contribution in [2.75, 3.05) is 7.11 Å². The van der Waals surface area contributed by atoms with Crippen LogP contribution in [0.3, 0.4) is 0 Å². The Morgan fingerprint density at radius 1 is 0.900 bits per heavy atom. The smallest absolute Gasteiger partial charge is 0.146 e. The summed E-state index contributed by atoms with van der Waals surface area (Å²) in [7, 11) is 1.66. The first-order valence-corrected chi connectivity index (χ1v) is 6.47. The van der Waals surface area contributed by atoms with E-state index in [0.717, 1.165) is 28.0 Å². The SMILES string of the molecule is COc1ccccc1COc1cccc2cccnc12. The molecular formula is C17H15NO2. The summed E-state index contributed by atoms with van der Waals surface area (Å²) in [5.41, 5.74) is 1.90. The van der Waals surface area contributed by atoms with E-state index in [2.05, 4.69) is 4.98 Å². The highest BCUT2D eigenvalue weighted by atomic mass is 16.5. The average molecular weight is 265 g/mol. The molecule has 20 heavy (non-hydrogen) atoms. The van der Waals surface area contributed by atoms with Crippen LogP contribution in [0.4, 0.5) is 0 Å². The zero-order valence-electron chi connectivity index (χ0n) is 11.2. The van der Waals surface area contributed by atoms with E-state index < -0.39 is 0 Å². The normalized spacial score (nSPS) is 10.4. The van der Waals surface area contributed by atoms with Gasteiger partial charge in [0.05, 0.1) is 7.11 Å². The molecule has 0 saturated heterocycles. The maximum Gasteiger partial charge on any atom is 0.146 e. The van der Waals surface area contributed by atoms with Crippen molar-refractivity contribution in [3.8, 4) is 11.5 Å². The van der Waals surface area contributed by atoms with E-state index >= 15 is 0 Å². The minimum Gasteiger partial charge on any atom is -0.496 e. The minimum atomic E-state index is 0.458. The number of pyridine rings is 1. The first-order valence-electron chi connectivity index (χ1n) is 6.47. The van der Waals surface area contributed by atoms with Gasteiger partial charge in [0, 0.05) is 17.1 Å². The molecule has 3 aromatic rings. The molecule has 0 unspecified atom stereocenters. The number of hydrogen-bond acceptors (Lipinski definition) is 3. The first-order chi connectivity index (χ1) is 9.88. The molecule has 1 heterocycles. The highest BCUT2D eigenvalue weighted by molar-refractivity contribution is 5.84. The van der Waals surface area contributed by atoms with Gasteiger partial charge in [-0.2, -0.15) is 0 Å². The number of hydrogen-bond donors (Lipinski definition) is 0. The Balaban J connectivity index is 1.87. The number of nitrogens with zero attached hydrogens (tertiary/aromatic N) is 1. The molecule has 0 spiro atoms. The van der Waals surface area contributed by atoms with Crippen LogP contribution in [-0.2, 0) is 6.61 Å². The van der Waals surface area contributed by atoms with Gasteiger partial charge >= 0.3 is 0 Å². The molecule has 2 aromatic carbocycles. The van der Waals surface area contributed by atoms with Gasteiger partial charge in [-0.05, 0) is 18.2 Å². The van der Waals surface area contributed by atoms with Crippen molar-refractivity contribution in [2.45, 2.75) is 6.61 Å². The van der Waals surface area contributed by atoms with Crippen LogP contribution in [0.25, 0.3) is 10.9 Å². The van der Waals surface area contributed by atoms with Crippen molar-refractivity contribution in [3.63, 3.8) is 0 Å². The maximum atomic E-state index is 5.91. The van der Waals surface area contributed by atoms with Crippen molar-refractivity contribution in [1.29, 1.82) is 0 Å². The van der Waals surface area contributed by atoms with E-state index in [1.165, 1.54) is 0 Å². The van der Waals surface area contributed by atoms with Crippen LogP contribution in [0.15, 0.2) is 60.8 Å². The van der Waals surface area contributed by atoms with E-state index in [1.807, 2.05) is 54.6 Å². The number of ether oxygens (including phenoxy) is 2. The monoisotopic (exact) mass is 265 g/mol. The lowest BCUT2D eigenvalue weighted by Gasteiger charge is -2.11.